The van der Waals surface area contributed by atoms with Crippen molar-refractivity contribution in [2.24, 2.45) is 5.14 Å². The van der Waals surface area contributed by atoms with Gasteiger partial charge in [-0.3, -0.25) is 0 Å². The van der Waals surface area contributed by atoms with Gasteiger partial charge in [-0.25, -0.2) is 13.6 Å². The molecule has 1 heterocycles. The van der Waals surface area contributed by atoms with Gasteiger partial charge in [0.2, 0.25) is 10.0 Å². The van der Waals surface area contributed by atoms with Crippen molar-refractivity contribution < 1.29 is 17.6 Å². The first-order valence-electron chi connectivity index (χ1n) is 8.86. The molecule has 0 aliphatic heterocycles. The van der Waals surface area contributed by atoms with E-state index < -0.39 is 10.0 Å². The highest BCUT2D eigenvalue weighted by atomic mass is 32.2. The van der Waals surface area contributed by atoms with Crippen LogP contribution in [-0.4, -0.2) is 20.0 Å². The van der Waals surface area contributed by atoms with Crippen LogP contribution < -0.4 is 20.5 Å². The topological polar surface area (TPSA) is 107 Å². The number of hydrogen-bond donors (Lipinski definition) is 3. The van der Waals surface area contributed by atoms with Crippen LogP contribution in [-0.2, 0) is 16.6 Å². The molecule has 9 heteroatoms. The van der Waals surface area contributed by atoms with E-state index >= 15 is 0 Å². The molecule has 152 valence electrons. The molecular weight excluding hydrogens is 410 g/mol. The summed E-state index contributed by atoms with van der Waals surface area (Å²) >= 11 is 5.36. The first kappa shape index (κ1) is 20.8. The Balaban J connectivity index is 2.11. The molecule has 4 N–H and O–H groups in total. The zero-order valence-corrected chi connectivity index (χ0v) is 17.3. The predicted octanol–water partition coefficient (Wildman–Crippen LogP) is 3.62. The van der Waals surface area contributed by atoms with Crippen LogP contribution in [0, 0.1) is 0 Å². The molecule has 0 saturated heterocycles. The highest BCUT2D eigenvalue weighted by molar-refractivity contribution is 7.89. The number of hydrogen-bond acceptors (Lipinski definition) is 6. The number of ether oxygens (including phenoxy) is 1. The zero-order chi connectivity index (χ0) is 20.9. The number of primary sulfonamides is 1. The van der Waals surface area contributed by atoms with Crippen LogP contribution in [0.1, 0.15) is 18.2 Å². The van der Waals surface area contributed by atoms with Crippen molar-refractivity contribution in [2.45, 2.75) is 18.4 Å². The van der Waals surface area contributed by atoms with Gasteiger partial charge in [0.15, 0.2) is 5.75 Å². The van der Waals surface area contributed by atoms with Crippen molar-refractivity contribution in [3.8, 4) is 11.5 Å². The van der Waals surface area contributed by atoms with Crippen molar-refractivity contribution >= 4 is 32.9 Å². The van der Waals surface area contributed by atoms with E-state index in [0.717, 1.165) is 0 Å². The molecule has 0 amide bonds. The summed E-state index contributed by atoms with van der Waals surface area (Å²) < 4.78 is 36.0. The van der Waals surface area contributed by atoms with Gasteiger partial charge < -0.3 is 19.8 Å². The number of rotatable bonds is 8. The number of benzene rings is 2. The third-order valence-corrected chi connectivity index (χ3v) is 5.25. The summed E-state index contributed by atoms with van der Waals surface area (Å²) in [5, 5.41) is 11.7. The van der Waals surface area contributed by atoms with E-state index in [1.807, 2.05) is 13.0 Å². The molecule has 1 aromatic heterocycles. The van der Waals surface area contributed by atoms with Gasteiger partial charge in [0, 0.05) is 12.1 Å². The molecule has 3 rings (SSSR count). The Morgan fingerprint density at radius 2 is 1.93 bits per heavy atom. The third-order valence-electron chi connectivity index (χ3n) is 3.96. The largest absolute Gasteiger partial charge is 0.467 e. The number of para-hydroxylation sites is 1. The molecule has 0 spiro atoms. The Kier molecular flexibility index (Phi) is 6.53. The maximum atomic E-state index is 12.3. The Hall–Kier alpha value is -2.88. The molecule has 29 heavy (non-hydrogen) atoms. The van der Waals surface area contributed by atoms with Gasteiger partial charge in [0.25, 0.3) is 0 Å². The van der Waals surface area contributed by atoms with Crippen molar-refractivity contribution in [3.05, 3.63) is 72.2 Å². The van der Waals surface area contributed by atoms with Gasteiger partial charge in [0.05, 0.1) is 18.5 Å². The second kappa shape index (κ2) is 9.08. The van der Waals surface area contributed by atoms with Crippen LogP contribution in [0.15, 0.2) is 70.2 Å². The Bertz CT molecular complexity index is 1080. The molecular formula is C20H21N3O4S2. The van der Waals surface area contributed by atoms with Crippen molar-refractivity contribution in [1.82, 2.24) is 5.32 Å². The molecule has 0 fully saturated rings. The van der Waals surface area contributed by atoms with Crippen LogP contribution in [0.4, 0.5) is 5.69 Å². The van der Waals surface area contributed by atoms with Crippen LogP contribution in [0.25, 0.3) is 0 Å². The van der Waals surface area contributed by atoms with Gasteiger partial charge in [-0.2, -0.15) is 0 Å². The standard InChI is InChI=1S/C20H21N3O4S2/c1-2-22-20(28)14-11-17(23-13-16-9-6-10-26-16)19(18(12-14)29(21,24)25)27-15-7-4-3-5-8-15/h3-12,23H,2,13H2,1H3,(H,22,28)(H2,21,24,25). The molecule has 2 aromatic carbocycles. The molecule has 7 nitrogen and oxygen atoms in total. The molecule has 0 aliphatic rings. The van der Waals surface area contributed by atoms with Crippen LogP contribution in [0.3, 0.4) is 0 Å². The van der Waals surface area contributed by atoms with E-state index in [1.54, 1.807) is 48.7 Å². The Morgan fingerprint density at radius 3 is 2.55 bits per heavy atom. The highest BCUT2D eigenvalue weighted by Crippen LogP contribution is 2.37. The van der Waals surface area contributed by atoms with Gasteiger partial charge >= 0.3 is 0 Å². The third kappa shape index (κ3) is 5.35. The van der Waals surface area contributed by atoms with E-state index in [0.29, 0.717) is 40.8 Å². The van der Waals surface area contributed by atoms with E-state index in [-0.39, 0.29) is 10.6 Å². The zero-order valence-electron chi connectivity index (χ0n) is 15.7. The van der Waals surface area contributed by atoms with Crippen LogP contribution in [0.5, 0.6) is 11.5 Å². The summed E-state index contributed by atoms with van der Waals surface area (Å²) in [6.45, 7) is 2.82. The number of thiocarbonyl (C=S) groups is 1. The molecule has 0 atom stereocenters. The fraction of sp³-hybridized carbons (Fsp3) is 0.150. The van der Waals surface area contributed by atoms with Crippen molar-refractivity contribution in [3.63, 3.8) is 0 Å². The molecule has 0 radical (unpaired) electrons. The lowest BCUT2D eigenvalue weighted by Gasteiger charge is -2.18. The molecule has 0 aliphatic carbocycles. The summed E-state index contributed by atoms with van der Waals surface area (Å²) in [6.07, 6.45) is 1.56. The number of nitrogens with one attached hydrogen (secondary N) is 2. The normalized spacial score (nSPS) is 11.1. The lowest BCUT2D eigenvalue weighted by Crippen LogP contribution is -2.23. The smallest absolute Gasteiger partial charge is 0.241 e. The summed E-state index contributed by atoms with van der Waals surface area (Å²) in [5.41, 5.74) is 0.931. The van der Waals surface area contributed by atoms with E-state index in [9.17, 15) is 8.42 Å². The summed E-state index contributed by atoms with van der Waals surface area (Å²) in [4.78, 5) is 0.241. The Morgan fingerprint density at radius 1 is 1.17 bits per heavy atom. The van der Waals surface area contributed by atoms with E-state index in [1.165, 1.54) is 6.07 Å². The summed E-state index contributed by atoms with van der Waals surface area (Å²) in [7, 11) is -4.09. The Labute approximate surface area is 174 Å². The fourth-order valence-corrected chi connectivity index (χ4v) is 3.61. The maximum absolute atomic E-state index is 12.3. The highest BCUT2D eigenvalue weighted by Gasteiger charge is 2.23. The lowest BCUT2D eigenvalue weighted by atomic mass is 10.1. The van der Waals surface area contributed by atoms with E-state index in [4.69, 9.17) is 26.5 Å². The molecule has 3 aromatic rings. The molecule has 0 bridgehead atoms. The lowest BCUT2D eigenvalue weighted by molar-refractivity contribution is 0.468. The quantitative estimate of drug-likeness (QED) is 0.468. The second-order valence-electron chi connectivity index (χ2n) is 6.10. The minimum absolute atomic E-state index is 0.0910. The monoisotopic (exact) mass is 431 g/mol. The van der Waals surface area contributed by atoms with Crippen molar-refractivity contribution in [2.75, 3.05) is 11.9 Å². The minimum Gasteiger partial charge on any atom is -0.467 e. The molecule has 0 saturated carbocycles. The van der Waals surface area contributed by atoms with Gasteiger partial charge in [-0.15, -0.1) is 0 Å². The summed E-state index contributed by atoms with van der Waals surface area (Å²) in [6, 6.07) is 15.6. The first-order chi connectivity index (χ1) is 13.9. The number of furan rings is 1. The minimum atomic E-state index is -4.09. The maximum Gasteiger partial charge on any atom is 0.241 e. The number of anilines is 1. The number of nitrogens with two attached hydrogens (primary N) is 1. The first-order valence-corrected chi connectivity index (χ1v) is 10.8. The molecule has 0 unspecified atom stereocenters. The fourth-order valence-electron chi connectivity index (χ4n) is 2.65. The van der Waals surface area contributed by atoms with Gasteiger partial charge in [-0.1, -0.05) is 30.4 Å². The number of sulfonamides is 1. The van der Waals surface area contributed by atoms with E-state index in [2.05, 4.69) is 10.6 Å². The summed E-state index contributed by atoms with van der Waals surface area (Å²) in [5.74, 6) is 1.24. The SMILES string of the molecule is CCNC(=S)c1cc(NCc2ccco2)c(Oc2ccccc2)c(S(N)(=O)=O)c1. The average Bonchev–Trinajstić information content (AvgIpc) is 3.20. The van der Waals surface area contributed by atoms with Gasteiger partial charge in [-0.05, 0) is 43.3 Å². The van der Waals surface area contributed by atoms with Crippen LogP contribution in [0.2, 0.25) is 0 Å². The van der Waals surface area contributed by atoms with Gasteiger partial charge in [0.1, 0.15) is 21.4 Å². The average molecular weight is 432 g/mol. The van der Waals surface area contributed by atoms with Crippen LogP contribution >= 0.6 is 12.2 Å². The van der Waals surface area contributed by atoms with Crippen molar-refractivity contribution in [1.29, 1.82) is 0 Å². The predicted molar refractivity (Wildman–Crippen MR) is 116 cm³/mol. The second-order valence-corrected chi connectivity index (χ2v) is 8.04.